The van der Waals surface area contributed by atoms with Crippen molar-refractivity contribution < 1.29 is 32.8 Å². The number of hydrogen-bond donors (Lipinski definition) is 2. The van der Waals surface area contributed by atoms with Crippen LogP contribution < -0.4 is 0 Å². The van der Waals surface area contributed by atoms with Gasteiger partial charge in [-0.25, -0.2) is 8.42 Å². The summed E-state index contributed by atoms with van der Waals surface area (Å²) in [5.41, 5.74) is 0.508. The maximum atomic E-state index is 12.5. The summed E-state index contributed by atoms with van der Waals surface area (Å²) in [4.78, 5) is 25.6. The van der Waals surface area contributed by atoms with E-state index < -0.39 is 34.1 Å². The molecular weight excluding hydrogens is 373 g/mol. The summed E-state index contributed by atoms with van der Waals surface area (Å²) < 4.78 is 28.4. The molecule has 2 N–H and O–H groups in total. The zero-order valence-electron chi connectivity index (χ0n) is 16.4. The van der Waals surface area contributed by atoms with Crippen LogP contribution >= 0.6 is 0 Å². The minimum atomic E-state index is -3.67. The van der Waals surface area contributed by atoms with Crippen LogP contribution in [0.15, 0.2) is 35.3 Å². The van der Waals surface area contributed by atoms with Gasteiger partial charge in [-0.15, -0.1) is 0 Å². The molecule has 1 unspecified atom stereocenters. The van der Waals surface area contributed by atoms with E-state index in [0.717, 1.165) is 6.26 Å². The summed E-state index contributed by atoms with van der Waals surface area (Å²) in [5.74, 6) is -1.23. The number of hydrogen-bond acceptors (Lipinski definition) is 7. The molecule has 1 amide bonds. The summed E-state index contributed by atoms with van der Waals surface area (Å²) in [6.07, 6.45) is 6.76. The average molecular weight is 401 g/mol. The monoisotopic (exact) mass is 401 g/mol. The number of rotatable bonds is 10. The van der Waals surface area contributed by atoms with E-state index in [9.17, 15) is 28.1 Å². The summed E-state index contributed by atoms with van der Waals surface area (Å²) in [6.45, 7) is 4.95. The van der Waals surface area contributed by atoms with Crippen LogP contribution in [0, 0.1) is 0 Å². The third-order valence-electron chi connectivity index (χ3n) is 3.78. The van der Waals surface area contributed by atoms with Crippen molar-refractivity contribution in [1.29, 1.82) is 0 Å². The lowest BCUT2D eigenvalue weighted by atomic mass is 9.79. The molecular formula is C17H28BNO7S. The number of allylic oxidation sites excluding steroid dienone is 4. The molecule has 0 bridgehead atoms. The minimum absolute atomic E-state index is 0.0274. The fraction of sp³-hybridized carbons (Fsp3) is 0.529. The van der Waals surface area contributed by atoms with E-state index in [1.807, 2.05) is 0 Å². The Kier molecular flexibility index (Phi) is 10.9. The molecule has 0 saturated heterocycles. The van der Waals surface area contributed by atoms with Gasteiger partial charge in [0.15, 0.2) is 15.1 Å². The van der Waals surface area contributed by atoms with Gasteiger partial charge in [0.1, 0.15) is 0 Å². The fourth-order valence-electron chi connectivity index (χ4n) is 2.18. The molecule has 0 heterocycles. The molecule has 0 rings (SSSR count). The molecule has 0 fully saturated rings. The van der Waals surface area contributed by atoms with Crippen molar-refractivity contribution in [2.45, 2.75) is 32.4 Å². The van der Waals surface area contributed by atoms with Crippen LogP contribution in [0.2, 0.25) is 0 Å². The number of nitrogens with zero attached hydrogens (tertiary/aromatic N) is 1. The number of ether oxygens (including phenoxy) is 1. The fourth-order valence-corrected chi connectivity index (χ4v) is 3.13. The molecule has 0 aromatic heterocycles. The van der Waals surface area contributed by atoms with Crippen LogP contribution in [0.3, 0.4) is 0 Å². The first-order valence-electron chi connectivity index (χ1n) is 8.47. The van der Waals surface area contributed by atoms with E-state index in [1.54, 1.807) is 26.8 Å². The van der Waals surface area contributed by atoms with Crippen LogP contribution in [0.25, 0.3) is 0 Å². The Morgan fingerprint density at radius 3 is 2.19 bits per heavy atom. The van der Waals surface area contributed by atoms with Gasteiger partial charge in [0, 0.05) is 25.4 Å². The second kappa shape index (κ2) is 11.7. The van der Waals surface area contributed by atoms with E-state index in [0.29, 0.717) is 0 Å². The predicted molar refractivity (Wildman–Crippen MR) is 104 cm³/mol. The van der Waals surface area contributed by atoms with Crippen molar-refractivity contribution in [3.05, 3.63) is 35.3 Å². The van der Waals surface area contributed by atoms with Crippen LogP contribution in [-0.2, 0) is 24.2 Å². The van der Waals surface area contributed by atoms with Gasteiger partial charge in [0.05, 0.1) is 6.61 Å². The number of amides is 1. The molecule has 0 aromatic rings. The Labute approximate surface area is 161 Å². The second-order valence-corrected chi connectivity index (χ2v) is 8.05. The lowest BCUT2D eigenvalue weighted by molar-refractivity contribution is -0.143. The summed E-state index contributed by atoms with van der Waals surface area (Å²) >= 11 is 0. The van der Waals surface area contributed by atoms with Crippen LogP contribution in [0.5, 0.6) is 0 Å². The molecule has 0 aliphatic rings. The maximum Gasteiger partial charge on any atom is 0.488 e. The molecule has 10 heteroatoms. The van der Waals surface area contributed by atoms with Gasteiger partial charge < -0.3 is 19.7 Å². The number of likely N-dealkylation sites (N-methyl/N-ethyl adjacent to an activating group) is 1. The lowest BCUT2D eigenvalue weighted by Crippen LogP contribution is -2.37. The second-order valence-electron chi connectivity index (χ2n) is 5.83. The quantitative estimate of drug-likeness (QED) is 0.233. The third-order valence-corrected chi connectivity index (χ3v) is 5.25. The smallest absolute Gasteiger partial charge is 0.465 e. The van der Waals surface area contributed by atoms with E-state index in [4.69, 9.17) is 4.74 Å². The largest absolute Gasteiger partial charge is 0.488 e. The van der Waals surface area contributed by atoms with Gasteiger partial charge in [-0.1, -0.05) is 24.3 Å². The van der Waals surface area contributed by atoms with Crippen LogP contribution in [-0.4, -0.2) is 74.1 Å². The van der Waals surface area contributed by atoms with Crippen molar-refractivity contribution in [2.75, 3.05) is 26.5 Å². The Morgan fingerprint density at radius 1 is 1.19 bits per heavy atom. The zero-order chi connectivity index (χ0) is 21.2. The number of carbonyl (C=O) groups is 2. The van der Waals surface area contributed by atoms with Gasteiger partial charge in [-0.3, -0.25) is 9.59 Å². The Balaban J connectivity index is 5.16. The van der Waals surface area contributed by atoms with Crippen molar-refractivity contribution in [1.82, 2.24) is 4.90 Å². The molecule has 152 valence electrons. The minimum Gasteiger partial charge on any atom is -0.465 e. The van der Waals surface area contributed by atoms with Gasteiger partial charge in [-0.2, -0.15) is 0 Å². The summed E-state index contributed by atoms with van der Waals surface area (Å²) in [5, 5.41) is 17.0. The standard InChI is InChI=1S/C17H28BNO7S/c1-6-13(9-10-14(7-2)18(22)23)16(20)19(4)12-11-15(27(5,24)25)17(21)26-8-3/h6-7,9-10,15,22-23H,8,11-12H2,1-5H3/b10-9-,13-6+,14-7+. The molecule has 8 nitrogen and oxygen atoms in total. The SMILES string of the molecule is C\C=C(/C=C\C(=C/C)C(=O)N(C)CCC(C(=O)OCC)S(C)(=O)=O)B(O)O. The molecule has 0 radical (unpaired) electrons. The van der Waals surface area contributed by atoms with E-state index in [1.165, 1.54) is 30.2 Å². The van der Waals surface area contributed by atoms with Crippen molar-refractivity contribution >= 4 is 28.8 Å². The van der Waals surface area contributed by atoms with Crippen LogP contribution in [0.1, 0.15) is 27.2 Å². The molecule has 0 aliphatic carbocycles. The van der Waals surface area contributed by atoms with Crippen molar-refractivity contribution in [2.24, 2.45) is 0 Å². The van der Waals surface area contributed by atoms with Crippen molar-refractivity contribution in [3.63, 3.8) is 0 Å². The highest BCUT2D eigenvalue weighted by molar-refractivity contribution is 7.92. The average Bonchev–Trinajstić information content (AvgIpc) is 2.57. The molecule has 1 atom stereocenters. The number of carbonyl (C=O) groups excluding carboxylic acids is 2. The number of sulfone groups is 1. The summed E-state index contributed by atoms with van der Waals surface area (Å²) in [6, 6.07) is 0. The normalized spacial score (nSPS) is 14.2. The topological polar surface area (TPSA) is 121 Å². The molecule has 27 heavy (non-hydrogen) atoms. The lowest BCUT2D eigenvalue weighted by Gasteiger charge is -2.20. The predicted octanol–water partition coefficient (Wildman–Crippen LogP) is 0.272. The molecule has 0 saturated carbocycles. The van der Waals surface area contributed by atoms with E-state index in [-0.39, 0.29) is 30.6 Å². The first-order chi connectivity index (χ1) is 12.5. The van der Waals surface area contributed by atoms with Gasteiger partial charge in [0.25, 0.3) is 5.91 Å². The first kappa shape index (κ1) is 25.1. The van der Waals surface area contributed by atoms with E-state index >= 15 is 0 Å². The number of esters is 1. The third kappa shape index (κ3) is 8.55. The molecule has 0 aromatic carbocycles. The highest BCUT2D eigenvalue weighted by atomic mass is 32.2. The Bertz CT molecular complexity index is 711. The first-order valence-corrected chi connectivity index (χ1v) is 10.4. The van der Waals surface area contributed by atoms with Gasteiger partial charge >= 0.3 is 13.1 Å². The molecule has 0 aliphatic heterocycles. The maximum absolute atomic E-state index is 12.5. The van der Waals surface area contributed by atoms with E-state index in [2.05, 4.69) is 0 Å². The Morgan fingerprint density at radius 2 is 1.78 bits per heavy atom. The van der Waals surface area contributed by atoms with Gasteiger partial charge in [-0.05, 0) is 32.7 Å². The highest BCUT2D eigenvalue weighted by Crippen LogP contribution is 2.11. The highest BCUT2D eigenvalue weighted by Gasteiger charge is 2.30. The Hall–Kier alpha value is -1.91. The van der Waals surface area contributed by atoms with Crippen LogP contribution in [0.4, 0.5) is 0 Å². The molecule has 0 spiro atoms. The summed E-state index contributed by atoms with van der Waals surface area (Å²) in [7, 11) is -3.84. The van der Waals surface area contributed by atoms with Crippen molar-refractivity contribution in [3.8, 4) is 0 Å². The van der Waals surface area contributed by atoms with Gasteiger partial charge in [0.2, 0.25) is 0 Å². The zero-order valence-corrected chi connectivity index (χ0v) is 17.2.